The Bertz CT molecular complexity index is 1190. The predicted octanol–water partition coefficient (Wildman–Crippen LogP) is 3.29. The third kappa shape index (κ3) is 4.19. The van der Waals surface area contributed by atoms with Crippen LogP contribution in [0.4, 0.5) is 17.2 Å². The fourth-order valence-electron chi connectivity index (χ4n) is 3.48. The lowest BCUT2D eigenvalue weighted by molar-refractivity contribution is 0.299. The first-order chi connectivity index (χ1) is 14.4. The molecule has 0 radical (unpaired) electrons. The van der Waals surface area contributed by atoms with Crippen LogP contribution in [0.5, 0.6) is 0 Å². The standard InChI is InChI=1S/C21H21BrN4O3S/c1-30(28,29)21-23-12-16-13-25(19-8-3-2-7-18(19)22)14-26(20(16)24-21)17-6-4-5-15(11-17)9-10-27/h2-8,11-12,27H,9-10,13-14H2,1H3. The molecule has 1 aliphatic heterocycles. The summed E-state index contributed by atoms with van der Waals surface area (Å²) in [5, 5.41) is 9.12. The average molecular weight is 489 g/mol. The monoisotopic (exact) mass is 488 g/mol. The minimum absolute atomic E-state index is 0.0591. The smallest absolute Gasteiger partial charge is 0.248 e. The zero-order valence-electron chi connectivity index (χ0n) is 16.4. The van der Waals surface area contributed by atoms with Gasteiger partial charge in [0, 0.05) is 41.3 Å². The summed E-state index contributed by atoms with van der Waals surface area (Å²) in [6, 6.07) is 15.8. The molecule has 0 atom stereocenters. The number of anilines is 3. The Morgan fingerprint density at radius 1 is 1.17 bits per heavy atom. The molecule has 0 unspecified atom stereocenters. The molecule has 0 saturated heterocycles. The lowest BCUT2D eigenvalue weighted by atomic mass is 10.1. The predicted molar refractivity (Wildman–Crippen MR) is 120 cm³/mol. The van der Waals surface area contributed by atoms with Crippen molar-refractivity contribution in [3.05, 3.63) is 70.3 Å². The van der Waals surface area contributed by atoms with E-state index in [-0.39, 0.29) is 11.8 Å². The van der Waals surface area contributed by atoms with Gasteiger partial charge in [-0.25, -0.2) is 18.4 Å². The molecule has 156 valence electrons. The quantitative estimate of drug-likeness (QED) is 0.551. The number of para-hydroxylation sites is 1. The summed E-state index contributed by atoms with van der Waals surface area (Å²) >= 11 is 3.62. The highest BCUT2D eigenvalue weighted by Gasteiger charge is 2.28. The van der Waals surface area contributed by atoms with E-state index in [0.29, 0.717) is 25.5 Å². The summed E-state index contributed by atoms with van der Waals surface area (Å²) in [6.07, 6.45) is 3.24. The summed E-state index contributed by atoms with van der Waals surface area (Å²) in [7, 11) is -3.53. The van der Waals surface area contributed by atoms with Crippen LogP contribution in [-0.2, 0) is 22.8 Å². The van der Waals surface area contributed by atoms with E-state index in [1.165, 1.54) is 0 Å². The van der Waals surface area contributed by atoms with Crippen LogP contribution in [0.15, 0.2) is 64.4 Å². The number of hydrogen-bond donors (Lipinski definition) is 1. The second-order valence-electron chi connectivity index (χ2n) is 7.14. The lowest BCUT2D eigenvalue weighted by Gasteiger charge is -2.39. The number of aromatic nitrogens is 2. The zero-order chi connectivity index (χ0) is 21.3. The van der Waals surface area contributed by atoms with Crippen LogP contribution in [0.2, 0.25) is 0 Å². The molecule has 30 heavy (non-hydrogen) atoms. The van der Waals surface area contributed by atoms with Gasteiger partial charge in [-0.15, -0.1) is 0 Å². The van der Waals surface area contributed by atoms with E-state index in [1.54, 1.807) is 6.20 Å². The van der Waals surface area contributed by atoms with Crippen molar-refractivity contribution in [1.82, 2.24) is 9.97 Å². The molecule has 9 heteroatoms. The highest BCUT2D eigenvalue weighted by Crippen LogP contribution is 2.36. The van der Waals surface area contributed by atoms with Gasteiger partial charge in [0.1, 0.15) is 5.82 Å². The van der Waals surface area contributed by atoms with Crippen LogP contribution in [0.3, 0.4) is 0 Å². The van der Waals surface area contributed by atoms with Crippen LogP contribution in [0.25, 0.3) is 0 Å². The molecule has 0 aliphatic carbocycles. The van der Waals surface area contributed by atoms with E-state index in [4.69, 9.17) is 0 Å². The summed E-state index contributed by atoms with van der Waals surface area (Å²) in [5.74, 6) is 0.579. The van der Waals surface area contributed by atoms with E-state index in [9.17, 15) is 13.5 Å². The van der Waals surface area contributed by atoms with Crippen molar-refractivity contribution in [1.29, 1.82) is 0 Å². The molecular weight excluding hydrogens is 468 g/mol. The highest BCUT2D eigenvalue weighted by atomic mass is 79.9. The second-order valence-corrected chi connectivity index (χ2v) is 9.90. The van der Waals surface area contributed by atoms with Gasteiger partial charge in [0.25, 0.3) is 0 Å². The fraction of sp³-hybridized carbons (Fsp3) is 0.238. The average Bonchev–Trinajstić information content (AvgIpc) is 2.73. The molecule has 0 amide bonds. The Morgan fingerprint density at radius 2 is 1.97 bits per heavy atom. The van der Waals surface area contributed by atoms with Gasteiger partial charge < -0.3 is 14.9 Å². The number of rotatable bonds is 5. The zero-order valence-corrected chi connectivity index (χ0v) is 18.8. The Balaban J connectivity index is 1.84. The van der Waals surface area contributed by atoms with Gasteiger partial charge >= 0.3 is 0 Å². The first kappa shape index (κ1) is 20.8. The summed E-state index contributed by atoms with van der Waals surface area (Å²) < 4.78 is 25.1. The first-order valence-electron chi connectivity index (χ1n) is 9.39. The fourth-order valence-corrected chi connectivity index (χ4v) is 4.51. The molecule has 2 heterocycles. The van der Waals surface area contributed by atoms with Crippen molar-refractivity contribution >= 4 is 43.0 Å². The highest BCUT2D eigenvalue weighted by molar-refractivity contribution is 9.10. The Morgan fingerprint density at radius 3 is 2.70 bits per heavy atom. The van der Waals surface area contributed by atoms with Crippen LogP contribution >= 0.6 is 15.9 Å². The van der Waals surface area contributed by atoms with Gasteiger partial charge in [-0.3, -0.25) is 0 Å². The van der Waals surface area contributed by atoms with Gasteiger partial charge in [0.15, 0.2) is 0 Å². The Hall–Kier alpha value is -2.49. The largest absolute Gasteiger partial charge is 0.396 e. The summed E-state index contributed by atoms with van der Waals surface area (Å²) in [5.41, 5.74) is 3.72. The number of hydrogen-bond acceptors (Lipinski definition) is 7. The molecule has 7 nitrogen and oxygen atoms in total. The van der Waals surface area contributed by atoms with Crippen molar-refractivity contribution < 1.29 is 13.5 Å². The maximum atomic E-state index is 12.0. The number of sulfone groups is 1. The summed E-state index contributed by atoms with van der Waals surface area (Å²) in [4.78, 5) is 12.7. The van der Waals surface area contributed by atoms with Gasteiger partial charge in [-0.1, -0.05) is 24.3 Å². The molecule has 1 aliphatic rings. The maximum Gasteiger partial charge on any atom is 0.248 e. The van der Waals surface area contributed by atoms with Gasteiger partial charge in [0.05, 0.1) is 12.4 Å². The molecule has 2 aromatic carbocycles. The van der Waals surface area contributed by atoms with Crippen molar-refractivity contribution in [3.63, 3.8) is 0 Å². The normalized spacial score (nSPS) is 14.0. The SMILES string of the molecule is CS(=O)(=O)c1ncc2c(n1)N(c1cccc(CCO)c1)CN(c1ccccc1Br)C2. The number of aliphatic hydroxyl groups excluding tert-OH is 1. The minimum atomic E-state index is -3.53. The van der Waals surface area contributed by atoms with Gasteiger partial charge in [-0.2, -0.15) is 0 Å². The van der Waals surface area contributed by atoms with Crippen LogP contribution < -0.4 is 9.80 Å². The van der Waals surface area contributed by atoms with Crippen molar-refractivity contribution in [2.24, 2.45) is 0 Å². The van der Waals surface area contributed by atoms with Crippen LogP contribution in [0, 0.1) is 0 Å². The molecular formula is C21H21BrN4O3S. The lowest BCUT2D eigenvalue weighted by Crippen LogP contribution is -2.41. The number of aliphatic hydroxyl groups is 1. The third-order valence-corrected chi connectivity index (χ3v) is 6.43. The summed E-state index contributed by atoms with van der Waals surface area (Å²) in [6.45, 7) is 1.09. The van der Waals surface area contributed by atoms with Gasteiger partial charge in [-0.05, 0) is 52.2 Å². The topological polar surface area (TPSA) is 86.6 Å². The van der Waals surface area contributed by atoms with Crippen molar-refractivity contribution in [2.45, 2.75) is 18.1 Å². The molecule has 1 aromatic heterocycles. The van der Waals surface area contributed by atoms with E-state index in [0.717, 1.165) is 33.2 Å². The van der Waals surface area contributed by atoms with Crippen LogP contribution in [0.1, 0.15) is 11.1 Å². The Labute approximate surface area is 184 Å². The van der Waals surface area contributed by atoms with Crippen LogP contribution in [-0.4, -0.2) is 43.0 Å². The molecule has 1 N–H and O–H groups in total. The van der Waals surface area contributed by atoms with Crippen molar-refractivity contribution in [3.8, 4) is 0 Å². The molecule has 0 bridgehead atoms. The van der Waals surface area contributed by atoms with E-state index < -0.39 is 9.84 Å². The number of fused-ring (bicyclic) bond motifs is 1. The first-order valence-corrected chi connectivity index (χ1v) is 12.1. The van der Waals surface area contributed by atoms with E-state index in [1.807, 2.05) is 53.4 Å². The molecule has 0 saturated carbocycles. The molecule has 0 fully saturated rings. The van der Waals surface area contributed by atoms with E-state index in [2.05, 4.69) is 30.8 Å². The number of benzene rings is 2. The number of nitrogens with zero attached hydrogens (tertiary/aromatic N) is 4. The van der Waals surface area contributed by atoms with Gasteiger partial charge in [0.2, 0.25) is 15.0 Å². The minimum Gasteiger partial charge on any atom is -0.396 e. The third-order valence-electron chi connectivity index (χ3n) is 4.90. The van der Waals surface area contributed by atoms with E-state index >= 15 is 0 Å². The molecule has 0 spiro atoms. The number of halogens is 1. The maximum absolute atomic E-state index is 12.0. The van der Waals surface area contributed by atoms with Crippen molar-refractivity contribution in [2.75, 3.05) is 29.3 Å². The second kappa shape index (κ2) is 8.33. The molecule has 3 aromatic rings. The molecule has 4 rings (SSSR count). The Kier molecular flexibility index (Phi) is 5.77.